The molecule has 1 aliphatic rings. The number of H-pyrrole nitrogens is 1. The van der Waals surface area contributed by atoms with Crippen LogP contribution in [-0.4, -0.2) is 35.5 Å². The number of amides is 1. The molecule has 0 radical (unpaired) electrons. The number of carbonyl (C=O) groups excluding carboxylic acids is 1. The summed E-state index contributed by atoms with van der Waals surface area (Å²) in [4.78, 5) is 33.4. The first-order valence-electron chi connectivity index (χ1n) is 7.97. The maximum absolute atomic E-state index is 12.4. The van der Waals surface area contributed by atoms with Gasteiger partial charge >= 0.3 is 0 Å². The summed E-state index contributed by atoms with van der Waals surface area (Å²) in [5, 5.41) is 3.48. The lowest BCUT2D eigenvalue weighted by Gasteiger charge is -2.22. The lowest BCUT2D eigenvalue weighted by atomic mass is 10.2. The molecule has 3 aromatic rings. The number of nitrogens with one attached hydrogen (secondary N) is 3. The monoisotopic (exact) mass is 375 g/mol. The topological polar surface area (TPSA) is 79.3 Å². The molecule has 0 spiro atoms. The van der Waals surface area contributed by atoms with Crippen LogP contribution < -0.4 is 15.8 Å². The van der Waals surface area contributed by atoms with E-state index in [1.54, 1.807) is 0 Å². The number of piperazine rings is 1. The second-order valence-electron chi connectivity index (χ2n) is 6.05. The van der Waals surface area contributed by atoms with Crippen LogP contribution in [0.3, 0.4) is 0 Å². The Balaban J connectivity index is 1.66. The molecule has 6 nitrogen and oxygen atoms in total. The van der Waals surface area contributed by atoms with Gasteiger partial charge in [-0.15, -0.1) is 11.3 Å². The molecule has 1 saturated heterocycles. The number of aromatic nitrogens is 2. The maximum Gasteiger partial charge on any atom is 0.275 e. The number of nitrogens with zero attached hydrogens (tertiary/aromatic N) is 1. The molecular formula is C17H16ClN4O2S+. The predicted molar refractivity (Wildman–Crippen MR) is 98.1 cm³/mol. The van der Waals surface area contributed by atoms with Crippen LogP contribution in [0.5, 0.6) is 0 Å². The van der Waals surface area contributed by atoms with Crippen molar-refractivity contribution in [1.29, 1.82) is 0 Å². The molecule has 1 fully saturated rings. The van der Waals surface area contributed by atoms with Gasteiger partial charge in [0.05, 0.1) is 18.6 Å². The Morgan fingerprint density at radius 1 is 1.24 bits per heavy atom. The molecule has 25 heavy (non-hydrogen) atoms. The first-order valence-corrected chi connectivity index (χ1v) is 9.17. The Hall–Kier alpha value is -2.22. The van der Waals surface area contributed by atoms with Crippen LogP contribution in [0.1, 0.15) is 5.82 Å². The van der Waals surface area contributed by atoms with Crippen LogP contribution in [0.25, 0.3) is 20.7 Å². The molecule has 1 aromatic carbocycles. The van der Waals surface area contributed by atoms with E-state index in [-0.39, 0.29) is 11.5 Å². The van der Waals surface area contributed by atoms with Crippen molar-refractivity contribution in [2.45, 2.75) is 6.54 Å². The summed E-state index contributed by atoms with van der Waals surface area (Å²) < 4.78 is 0.611. The quantitative estimate of drug-likeness (QED) is 0.634. The predicted octanol–water partition coefficient (Wildman–Crippen LogP) is 0.820. The molecule has 3 N–H and O–H groups in total. The molecule has 0 aliphatic carbocycles. The number of carbonyl (C=O) groups is 1. The van der Waals surface area contributed by atoms with Crippen LogP contribution in [0.15, 0.2) is 35.1 Å². The third kappa shape index (κ3) is 3.44. The smallest absolute Gasteiger partial charge is 0.275 e. The second-order valence-corrected chi connectivity index (χ2v) is 7.54. The van der Waals surface area contributed by atoms with Crippen LogP contribution in [-0.2, 0) is 11.3 Å². The van der Waals surface area contributed by atoms with Gasteiger partial charge in [-0.2, -0.15) is 0 Å². The highest BCUT2D eigenvalue weighted by Crippen LogP contribution is 2.31. The molecule has 8 heteroatoms. The number of hydrogen-bond donors (Lipinski definition) is 3. The van der Waals surface area contributed by atoms with Crippen molar-refractivity contribution >= 4 is 39.1 Å². The average Bonchev–Trinajstić information content (AvgIpc) is 3.00. The third-order valence-corrected chi connectivity index (χ3v) is 5.61. The SMILES string of the molecule is O=C1C[NH+](Cc2nc3cc(-c4ccc(Cl)cc4)sc3c(=O)[nH]2)CCN1. The lowest BCUT2D eigenvalue weighted by Crippen LogP contribution is -3.14. The summed E-state index contributed by atoms with van der Waals surface area (Å²) in [6.07, 6.45) is 0. The lowest BCUT2D eigenvalue weighted by molar-refractivity contribution is -0.907. The van der Waals surface area contributed by atoms with E-state index < -0.39 is 0 Å². The summed E-state index contributed by atoms with van der Waals surface area (Å²) in [6, 6.07) is 9.45. The molecule has 2 aromatic heterocycles. The Kier molecular flexibility index (Phi) is 4.29. The van der Waals surface area contributed by atoms with Gasteiger partial charge in [-0.25, -0.2) is 4.98 Å². The molecule has 0 bridgehead atoms. The number of thiophene rings is 1. The molecule has 1 unspecified atom stereocenters. The fourth-order valence-corrected chi connectivity index (χ4v) is 4.10. The number of rotatable bonds is 3. The highest BCUT2D eigenvalue weighted by molar-refractivity contribution is 7.22. The third-order valence-electron chi connectivity index (χ3n) is 4.19. The van der Waals surface area contributed by atoms with E-state index in [1.165, 1.54) is 11.3 Å². The van der Waals surface area contributed by atoms with Gasteiger partial charge in [-0.05, 0) is 23.8 Å². The van der Waals surface area contributed by atoms with Crippen LogP contribution in [0.4, 0.5) is 0 Å². The zero-order chi connectivity index (χ0) is 17.4. The van der Waals surface area contributed by atoms with Crippen molar-refractivity contribution in [3.63, 3.8) is 0 Å². The summed E-state index contributed by atoms with van der Waals surface area (Å²) in [7, 11) is 0. The zero-order valence-corrected chi connectivity index (χ0v) is 14.8. The Bertz CT molecular complexity index is 996. The van der Waals surface area contributed by atoms with E-state index in [9.17, 15) is 9.59 Å². The van der Waals surface area contributed by atoms with Gasteiger partial charge in [-0.1, -0.05) is 23.7 Å². The maximum atomic E-state index is 12.4. The van der Waals surface area contributed by atoms with E-state index in [4.69, 9.17) is 11.6 Å². The summed E-state index contributed by atoms with van der Waals surface area (Å²) in [5.41, 5.74) is 1.56. The van der Waals surface area contributed by atoms with Gasteiger partial charge in [0.2, 0.25) is 0 Å². The molecular weight excluding hydrogens is 360 g/mol. The zero-order valence-electron chi connectivity index (χ0n) is 13.3. The normalized spacial score (nSPS) is 17.6. The minimum absolute atomic E-state index is 0.0326. The van der Waals surface area contributed by atoms with Crippen LogP contribution >= 0.6 is 22.9 Å². The first kappa shape index (κ1) is 16.3. The summed E-state index contributed by atoms with van der Waals surface area (Å²) in [6.45, 7) is 2.42. The number of aromatic amines is 1. The number of quaternary nitrogens is 1. The average molecular weight is 376 g/mol. The van der Waals surface area contributed by atoms with Gasteiger partial charge in [0.15, 0.2) is 12.4 Å². The van der Waals surface area contributed by atoms with Crippen molar-refractivity contribution in [2.24, 2.45) is 0 Å². The number of fused-ring (bicyclic) bond motifs is 1. The molecule has 4 rings (SSSR count). The highest BCUT2D eigenvalue weighted by atomic mass is 35.5. The largest absolute Gasteiger partial charge is 0.346 e. The number of benzene rings is 1. The minimum atomic E-state index is -0.133. The van der Waals surface area contributed by atoms with Crippen molar-refractivity contribution < 1.29 is 9.69 Å². The Morgan fingerprint density at radius 3 is 2.80 bits per heavy atom. The molecule has 0 saturated carbocycles. The van der Waals surface area contributed by atoms with Crippen molar-refractivity contribution in [2.75, 3.05) is 19.6 Å². The Morgan fingerprint density at radius 2 is 2.04 bits per heavy atom. The first-order chi connectivity index (χ1) is 12.1. The van der Waals surface area contributed by atoms with Crippen LogP contribution in [0.2, 0.25) is 5.02 Å². The molecule has 3 heterocycles. The van der Waals surface area contributed by atoms with E-state index in [2.05, 4.69) is 15.3 Å². The Labute approximate surface area is 152 Å². The van der Waals surface area contributed by atoms with Gasteiger partial charge in [0, 0.05) is 9.90 Å². The standard InChI is InChI=1S/C17H15ClN4O2S/c18-11-3-1-10(2-4-11)13-7-12-16(25-13)17(24)21-14(20-12)8-22-6-5-19-15(23)9-22/h1-4,7H,5-6,8-9H2,(H,19,23)(H,20,21,24)/p+1. The summed E-state index contributed by atoms with van der Waals surface area (Å²) >= 11 is 7.35. The van der Waals surface area contributed by atoms with Gasteiger partial charge in [0.25, 0.3) is 11.5 Å². The van der Waals surface area contributed by atoms with Crippen molar-refractivity contribution in [1.82, 2.24) is 15.3 Å². The van der Waals surface area contributed by atoms with E-state index in [1.807, 2.05) is 30.3 Å². The van der Waals surface area contributed by atoms with Crippen molar-refractivity contribution in [3.05, 3.63) is 51.5 Å². The van der Waals surface area contributed by atoms with Gasteiger partial charge in [-0.3, -0.25) is 9.59 Å². The molecule has 128 valence electrons. The van der Waals surface area contributed by atoms with E-state index in [0.29, 0.717) is 40.7 Å². The van der Waals surface area contributed by atoms with Crippen LogP contribution in [0, 0.1) is 0 Å². The second kappa shape index (κ2) is 6.59. The van der Waals surface area contributed by atoms with E-state index in [0.717, 1.165) is 21.9 Å². The molecule has 1 aliphatic heterocycles. The van der Waals surface area contributed by atoms with Crippen molar-refractivity contribution in [3.8, 4) is 10.4 Å². The van der Waals surface area contributed by atoms with E-state index >= 15 is 0 Å². The summed E-state index contributed by atoms with van der Waals surface area (Å²) in [5.74, 6) is 0.646. The minimum Gasteiger partial charge on any atom is -0.346 e. The molecule has 1 atom stereocenters. The fraction of sp³-hybridized carbons (Fsp3) is 0.235. The van der Waals surface area contributed by atoms with Gasteiger partial charge in [0.1, 0.15) is 11.2 Å². The highest BCUT2D eigenvalue weighted by Gasteiger charge is 2.21. The van der Waals surface area contributed by atoms with Gasteiger partial charge < -0.3 is 15.2 Å². The number of halogens is 1. The molecule has 1 amide bonds. The fourth-order valence-electron chi connectivity index (χ4n) is 2.97. The number of hydrogen-bond acceptors (Lipinski definition) is 4.